The molecule has 0 aliphatic heterocycles. The van der Waals surface area contributed by atoms with Gasteiger partial charge in [-0.1, -0.05) is 97.1 Å². The molecule has 0 aliphatic rings. The van der Waals surface area contributed by atoms with Crippen molar-refractivity contribution >= 4 is 134 Å². The van der Waals surface area contributed by atoms with Crippen molar-refractivity contribution in [1.29, 1.82) is 0 Å². The summed E-state index contributed by atoms with van der Waals surface area (Å²) in [6.07, 6.45) is 0. The monoisotopic (exact) mass is 1120 g/mol. The van der Waals surface area contributed by atoms with Crippen LogP contribution in [0.4, 0.5) is 47.3 Å². The van der Waals surface area contributed by atoms with Crippen molar-refractivity contribution in [1.82, 2.24) is 0 Å². The molecule has 0 spiro atoms. The number of benzene rings is 10. The average molecular weight is 1120 g/mol. The molecular formula is C52H30F3I3N2. The van der Waals surface area contributed by atoms with Crippen molar-refractivity contribution in [2.24, 2.45) is 0 Å². The van der Waals surface area contributed by atoms with Gasteiger partial charge in [0.1, 0.15) is 11.5 Å². The van der Waals surface area contributed by atoms with Gasteiger partial charge in [0.05, 0.1) is 17.1 Å². The van der Waals surface area contributed by atoms with Crippen molar-refractivity contribution in [2.45, 2.75) is 0 Å². The smallest absolute Gasteiger partial charge is 0.150 e. The molecule has 10 rings (SSSR count). The molecule has 0 N–H and O–H groups in total. The molecule has 10 aromatic carbocycles. The van der Waals surface area contributed by atoms with E-state index < -0.39 is 11.6 Å². The van der Waals surface area contributed by atoms with Crippen LogP contribution in [0.25, 0.3) is 54.6 Å². The highest BCUT2D eigenvalue weighted by Gasteiger charge is 2.27. The maximum atomic E-state index is 16.7. The lowest BCUT2D eigenvalue weighted by molar-refractivity contribution is 0.586. The zero-order chi connectivity index (χ0) is 41.1. The predicted molar refractivity (Wildman–Crippen MR) is 268 cm³/mol. The molecule has 0 heterocycles. The highest BCUT2D eigenvalue weighted by molar-refractivity contribution is 14.1. The second-order valence-electron chi connectivity index (χ2n) is 14.5. The van der Waals surface area contributed by atoms with E-state index in [1.54, 1.807) is 4.90 Å². The van der Waals surface area contributed by atoms with Crippen molar-refractivity contribution in [3.63, 3.8) is 0 Å². The minimum absolute atomic E-state index is 0.155. The first-order chi connectivity index (χ1) is 29.2. The van der Waals surface area contributed by atoms with E-state index in [0.717, 1.165) is 76.8 Å². The molecule has 290 valence electrons. The van der Waals surface area contributed by atoms with E-state index in [9.17, 15) is 4.39 Å². The largest absolute Gasteiger partial charge is 0.308 e. The first-order valence-corrected chi connectivity index (χ1v) is 22.4. The summed E-state index contributed by atoms with van der Waals surface area (Å²) in [7, 11) is 0. The van der Waals surface area contributed by atoms with Crippen molar-refractivity contribution in [2.75, 3.05) is 9.80 Å². The second-order valence-corrected chi connectivity index (χ2v) is 18.1. The Hall–Kier alpha value is -5.18. The summed E-state index contributed by atoms with van der Waals surface area (Å²) in [6.45, 7) is 0. The predicted octanol–water partition coefficient (Wildman–Crippen LogP) is 17.1. The molecule has 2 nitrogen and oxygen atoms in total. The van der Waals surface area contributed by atoms with Gasteiger partial charge in [-0.3, -0.25) is 0 Å². The summed E-state index contributed by atoms with van der Waals surface area (Å²) in [4.78, 5) is 3.91. The molecule has 0 saturated carbocycles. The van der Waals surface area contributed by atoms with Crippen LogP contribution in [0.5, 0.6) is 0 Å². The highest BCUT2D eigenvalue weighted by atomic mass is 127. The van der Waals surface area contributed by atoms with E-state index in [1.807, 2.05) is 97.1 Å². The van der Waals surface area contributed by atoms with Gasteiger partial charge in [0.2, 0.25) is 0 Å². The fraction of sp³-hybridized carbons (Fsp3) is 0. The zero-order valence-electron chi connectivity index (χ0n) is 31.5. The summed E-state index contributed by atoms with van der Waals surface area (Å²) in [5, 5.41) is 5.84. The van der Waals surface area contributed by atoms with Crippen LogP contribution in [0.3, 0.4) is 0 Å². The molecule has 0 bridgehead atoms. The Labute approximate surface area is 386 Å². The minimum atomic E-state index is -0.669. The third kappa shape index (κ3) is 6.95. The number of halogens is 6. The van der Waals surface area contributed by atoms with Crippen LogP contribution < -0.4 is 9.80 Å². The van der Waals surface area contributed by atoms with E-state index in [1.165, 1.54) is 24.3 Å². The van der Waals surface area contributed by atoms with E-state index in [0.29, 0.717) is 16.9 Å². The van der Waals surface area contributed by atoms with Crippen molar-refractivity contribution in [3.8, 4) is 22.3 Å². The van der Waals surface area contributed by atoms with Gasteiger partial charge >= 0.3 is 0 Å². The van der Waals surface area contributed by atoms with Crippen LogP contribution in [0, 0.1) is 28.2 Å². The lowest BCUT2D eigenvalue weighted by Crippen LogP contribution is -2.15. The van der Waals surface area contributed by atoms with Gasteiger partial charge in [-0.15, -0.1) is 0 Å². The van der Waals surface area contributed by atoms with Gasteiger partial charge in [0, 0.05) is 32.9 Å². The van der Waals surface area contributed by atoms with Gasteiger partial charge in [-0.25, -0.2) is 13.2 Å². The molecule has 60 heavy (non-hydrogen) atoms. The normalized spacial score (nSPS) is 11.5. The number of anilines is 6. The summed E-state index contributed by atoms with van der Waals surface area (Å²) in [5.74, 6) is -1.65. The topological polar surface area (TPSA) is 6.48 Å². The Morgan fingerprint density at radius 3 is 1.27 bits per heavy atom. The van der Waals surface area contributed by atoms with Gasteiger partial charge in [-0.2, -0.15) is 0 Å². The number of rotatable bonds is 8. The lowest BCUT2D eigenvalue weighted by atomic mass is 9.91. The standard InChI is InChI=1S/C52H30F3I3N2/c53-37-15-19-39(20-16-37)60(52-45(57)29-36(30-46(52)58)32-9-5-2-6-10-32)48-26-14-34-11-23-41-47(25-13-33-12-24-42(48)50(34)49(33)41)59(40-21-17-38(56)18-22-40)51-43(54)27-35(28-44(51)55)31-7-3-1-4-8-31/h1-30H. The Morgan fingerprint density at radius 2 is 0.783 bits per heavy atom. The Bertz CT molecular complexity index is 2950. The maximum absolute atomic E-state index is 16.7. The SMILES string of the molecule is Fc1ccc(N(c2c(I)cc(-c3ccccc3)cc2I)c2ccc3ccc4c(N(c5ccc(I)cc5)c5c(F)cc(-c6ccccc6)cc5F)ccc5ccc2c3c54)cc1. The van der Waals surface area contributed by atoms with E-state index in [-0.39, 0.29) is 11.5 Å². The van der Waals surface area contributed by atoms with Crippen LogP contribution in [-0.4, -0.2) is 0 Å². The number of hydrogen-bond acceptors (Lipinski definition) is 2. The lowest BCUT2D eigenvalue weighted by Gasteiger charge is -2.30. The highest BCUT2D eigenvalue weighted by Crippen LogP contribution is 2.50. The molecule has 0 aliphatic carbocycles. The Kier molecular flexibility index (Phi) is 10.4. The first kappa shape index (κ1) is 39.0. The molecule has 0 aromatic heterocycles. The molecule has 0 atom stereocenters. The van der Waals surface area contributed by atoms with Crippen LogP contribution in [0.15, 0.2) is 182 Å². The van der Waals surface area contributed by atoms with Crippen LogP contribution >= 0.6 is 67.8 Å². The molecule has 0 unspecified atom stereocenters. The van der Waals surface area contributed by atoms with Crippen molar-refractivity contribution in [3.05, 3.63) is 210 Å². The Balaban J connectivity index is 1.21. The maximum Gasteiger partial charge on any atom is 0.150 e. The molecule has 0 amide bonds. The zero-order valence-corrected chi connectivity index (χ0v) is 38.0. The molecular weight excluding hydrogens is 1090 g/mol. The van der Waals surface area contributed by atoms with Gasteiger partial charge < -0.3 is 9.80 Å². The van der Waals surface area contributed by atoms with E-state index in [2.05, 4.69) is 133 Å². The molecule has 0 fully saturated rings. The number of hydrogen-bond donors (Lipinski definition) is 0. The molecule has 0 radical (unpaired) electrons. The summed E-state index contributed by atoms with van der Waals surface area (Å²) >= 11 is 7.06. The second kappa shape index (κ2) is 16.0. The fourth-order valence-electron chi connectivity index (χ4n) is 8.27. The van der Waals surface area contributed by atoms with E-state index in [4.69, 9.17) is 0 Å². The van der Waals surface area contributed by atoms with Gasteiger partial charge in [0.25, 0.3) is 0 Å². The summed E-state index contributed by atoms with van der Waals surface area (Å²) in [5.41, 5.74) is 7.24. The molecule has 10 aromatic rings. The van der Waals surface area contributed by atoms with Gasteiger partial charge in [-0.05, 0) is 197 Å². The molecule has 8 heteroatoms. The van der Waals surface area contributed by atoms with Crippen LogP contribution in [0.1, 0.15) is 0 Å². The quantitative estimate of drug-likeness (QED) is 0.111. The summed E-state index contributed by atoms with van der Waals surface area (Å²) < 4.78 is 50.9. The van der Waals surface area contributed by atoms with Crippen LogP contribution in [0.2, 0.25) is 0 Å². The third-order valence-corrected chi connectivity index (χ3v) is 13.3. The van der Waals surface area contributed by atoms with Crippen LogP contribution in [-0.2, 0) is 0 Å². The third-order valence-electron chi connectivity index (χ3n) is 11.0. The average Bonchev–Trinajstić information content (AvgIpc) is 3.27. The fourth-order valence-corrected chi connectivity index (χ4v) is 10.9. The number of nitrogens with zero attached hydrogens (tertiary/aromatic N) is 2. The van der Waals surface area contributed by atoms with Crippen molar-refractivity contribution < 1.29 is 13.2 Å². The minimum Gasteiger partial charge on any atom is -0.308 e. The summed E-state index contributed by atoms with van der Waals surface area (Å²) in [6, 6.07) is 57.7. The first-order valence-electron chi connectivity index (χ1n) is 19.1. The Morgan fingerprint density at radius 1 is 0.367 bits per heavy atom. The van der Waals surface area contributed by atoms with E-state index >= 15 is 8.78 Å². The molecule has 0 saturated heterocycles. The van der Waals surface area contributed by atoms with Gasteiger partial charge in [0.15, 0.2) is 11.6 Å².